The third-order valence-electron chi connectivity index (χ3n) is 4.61. The highest BCUT2D eigenvalue weighted by atomic mass is 35.5. The Balaban J connectivity index is 2.09. The number of ether oxygens (including phenoxy) is 1. The molecule has 1 heterocycles. The van der Waals surface area contributed by atoms with E-state index < -0.39 is 18.4 Å². The maximum absolute atomic E-state index is 13.2. The number of carboxylic acid groups (broad SMARTS) is 1. The maximum atomic E-state index is 13.2. The molecule has 0 saturated carbocycles. The van der Waals surface area contributed by atoms with Crippen LogP contribution >= 0.6 is 11.6 Å². The second kappa shape index (κ2) is 8.36. The summed E-state index contributed by atoms with van der Waals surface area (Å²) in [6.45, 7) is 1.28. The van der Waals surface area contributed by atoms with Crippen LogP contribution in [0, 0.1) is 6.92 Å². The number of carboxylic acids is 1. The number of hydrogen-bond acceptors (Lipinski definition) is 4. The van der Waals surface area contributed by atoms with E-state index in [9.17, 15) is 14.4 Å². The number of amides is 1. The maximum Gasteiger partial charge on any atom is 0.322 e. The number of methoxy groups -OCH3 is 1. The molecule has 0 aliphatic carbocycles. The number of nitrogens with zero attached hydrogens (tertiary/aromatic N) is 1. The second-order valence-electron chi connectivity index (χ2n) is 6.44. The van der Waals surface area contributed by atoms with Gasteiger partial charge in [-0.1, -0.05) is 11.6 Å². The van der Waals surface area contributed by atoms with Crippen molar-refractivity contribution in [1.82, 2.24) is 9.88 Å². The first-order valence-corrected chi connectivity index (χ1v) is 9.16. The summed E-state index contributed by atoms with van der Waals surface area (Å²) in [5.41, 5.74) is 2.30. The fourth-order valence-electron chi connectivity index (χ4n) is 3.19. The lowest BCUT2D eigenvalue weighted by atomic mass is 10.1. The van der Waals surface area contributed by atoms with Gasteiger partial charge >= 0.3 is 5.97 Å². The molecule has 8 heteroatoms. The number of fused-ring (bicyclic) bond motifs is 1. The molecule has 0 spiro atoms. The monoisotopic (exact) mass is 414 g/mol. The highest BCUT2D eigenvalue weighted by Gasteiger charge is 2.22. The number of carbonyl (C=O) groups excluding carboxylic acids is 2. The highest BCUT2D eigenvalue weighted by Crippen LogP contribution is 2.30. The van der Waals surface area contributed by atoms with Gasteiger partial charge in [-0.3, -0.25) is 19.0 Å². The molecule has 0 unspecified atom stereocenters. The molecule has 1 aromatic heterocycles. The first-order chi connectivity index (χ1) is 13.8. The van der Waals surface area contributed by atoms with Crippen molar-refractivity contribution in [3.05, 3.63) is 64.3 Å². The molecule has 0 atom stereocenters. The van der Waals surface area contributed by atoms with Crippen molar-refractivity contribution in [2.24, 2.45) is 0 Å². The van der Waals surface area contributed by atoms with Crippen LogP contribution in [0.15, 0.2) is 42.5 Å². The van der Waals surface area contributed by atoms with Crippen LogP contribution < -0.4 is 10.1 Å². The van der Waals surface area contributed by atoms with Crippen LogP contribution in [0.4, 0.5) is 0 Å². The summed E-state index contributed by atoms with van der Waals surface area (Å²) in [7, 11) is 1.53. The molecule has 7 nitrogen and oxygen atoms in total. The molecule has 0 aliphatic heterocycles. The van der Waals surface area contributed by atoms with Gasteiger partial charge in [-0.15, -0.1) is 0 Å². The molecule has 150 valence electrons. The second-order valence-corrected chi connectivity index (χ2v) is 6.88. The standard InChI is InChI=1S/C21H19ClN2O5/c1-12-16(10-19(25)23-11-20(26)27)17-9-15(29-2)7-8-18(17)24(12)21(28)13-3-5-14(22)6-4-13/h3-9H,10-11H2,1-2H3,(H,23,25)(H,26,27). The minimum Gasteiger partial charge on any atom is -0.497 e. The Morgan fingerprint density at radius 2 is 1.83 bits per heavy atom. The van der Waals surface area contributed by atoms with Crippen molar-refractivity contribution in [1.29, 1.82) is 0 Å². The molecule has 2 N–H and O–H groups in total. The van der Waals surface area contributed by atoms with Crippen LogP contribution in [-0.4, -0.2) is 41.1 Å². The first kappa shape index (κ1) is 20.4. The molecule has 3 aromatic rings. The van der Waals surface area contributed by atoms with E-state index in [1.54, 1.807) is 49.4 Å². The predicted octanol–water partition coefficient (Wildman–Crippen LogP) is 3.04. The van der Waals surface area contributed by atoms with Crippen molar-refractivity contribution in [3.63, 3.8) is 0 Å². The molecule has 0 bridgehead atoms. The zero-order valence-electron chi connectivity index (χ0n) is 15.9. The number of hydrogen-bond donors (Lipinski definition) is 2. The molecule has 0 aliphatic rings. The van der Waals surface area contributed by atoms with Gasteiger partial charge in [0.15, 0.2) is 0 Å². The molecular formula is C21H19ClN2O5. The normalized spacial score (nSPS) is 10.7. The predicted molar refractivity (Wildman–Crippen MR) is 109 cm³/mol. The van der Waals surface area contributed by atoms with Gasteiger partial charge in [-0.25, -0.2) is 0 Å². The molecule has 1 amide bonds. The fraction of sp³-hybridized carbons (Fsp3) is 0.190. The minimum absolute atomic E-state index is 0.0658. The van der Waals surface area contributed by atoms with Crippen molar-refractivity contribution in [3.8, 4) is 5.75 Å². The lowest BCUT2D eigenvalue weighted by molar-refractivity contribution is -0.137. The van der Waals surface area contributed by atoms with E-state index >= 15 is 0 Å². The summed E-state index contributed by atoms with van der Waals surface area (Å²) < 4.78 is 6.82. The van der Waals surface area contributed by atoms with Crippen LogP contribution in [0.5, 0.6) is 5.75 Å². The van der Waals surface area contributed by atoms with E-state index in [0.717, 1.165) is 0 Å². The van der Waals surface area contributed by atoms with E-state index in [1.807, 2.05) is 0 Å². The molecule has 0 saturated heterocycles. The number of nitrogens with one attached hydrogen (secondary N) is 1. The summed E-state index contributed by atoms with van der Waals surface area (Å²) in [5, 5.41) is 12.3. The zero-order chi connectivity index (χ0) is 21.1. The van der Waals surface area contributed by atoms with Crippen LogP contribution in [0.1, 0.15) is 21.6 Å². The quantitative estimate of drug-likeness (QED) is 0.646. The summed E-state index contributed by atoms with van der Waals surface area (Å²) in [4.78, 5) is 36.1. The molecule has 29 heavy (non-hydrogen) atoms. The summed E-state index contributed by atoms with van der Waals surface area (Å²) in [5.74, 6) is -1.25. The van der Waals surface area contributed by atoms with Gasteiger partial charge in [-0.05, 0) is 55.0 Å². The van der Waals surface area contributed by atoms with Gasteiger partial charge in [0.05, 0.1) is 19.0 Å². The van der Waals surface area contributed by atoms with Gasteiger partial charge < -0.3 is 15.2 Å². The van der Waals surface area contributed by atoms with Crippen molar-refractivity contribution in [2.45, 2.75) is 13.3 Å². The summed E-state index contributed by atoms with van der Waals surface area (Å²) >= 11 is 5.92. The van der Waals surface area contributed by atoms with Crippen molar-refractivity contribution < 1.29 is 24.2 Å². The number of carbonyl (C=O) groups is 3. The Hall–Kier alpha value is -3.32. The minimum atomic E-state index is -1.13. The van der Waals surface area contributed by atoms with Crippen molar-refractivity contribution >= 4 is 40.3 Å². The number of aromatic nitrogens is 1. The van der Waals surface area contributed by atoms with Gasteiger partial charge in [0.2, 0.25) is 5.91 Å². The van der Waals surface area contributed by atoms with E-state index in [4.69, 9.17) is 21.4 Å². The van der Waals surface area contributed by atoms with Crippen molar-refractivity contribution in [2.75, 3.05) is 13.7 Å². The smallest absolute Gasteiger partial charge is 0.322 e. The highest BCUT2D eigenvalue weighted by molar-refractivity contribution is 6.30. The average molecular weight is 415 g/mol. The van der Waals surface area contributed by atoms with E-state index in [0.29, 0.717) is 38.5 Å². The van der Waals surface area contributed by atoms with Crippen LogP contribution in [-0.2, 0) is 16.0 Å². The number of halogens is 1. The Kier molecular flexibility index (Phi) is 5.89. The van der Waals surface area contributed by atoms with E-state index in [-0.39, 0.29) is 12.3 Å². The Morgan fingerprint density at radius 3 is 2.45 bits per heavy atom. The third-order valence-corrected chi connectivity index (χ3v) is 4.86. The number of rotatable bonds is 6. The Bertz CT molecular complexity index is 1100. The molecule has 2 aromatic carbocycles. The average Bonchev–Trinajstić information content (AvgIpc) is 2.97. The first-order valence-electron chi connectivity index (χ1n) is 8.78. The molecule has 0 fully saturated rings. The number of benzene rings is 2. The summed E-state index contributed by atoms with van der Waals surface area (Å²) in [6, 6.07) is 11.8. The van der Waals surface area contributed by atoms with E-state index in [1.165, 1.54) is 11.7 Å². The van der Waals surface area contributed by atoms with Gasteiger partial charge in [0.25, 0.3) is 5.91 Å². The lowest BCUT2D eigenvalue weighted by Gasteiger charge is -2.08. The molecule has 3 rings (SSSR count). The largest absolute Gasteiger partial charge is 0.497 e. The Labute approximate surface area is 171 Å². The lowest BCUT2D eigenvalue weighted by Crippen LogP contribution is -2.30. The fourth-order valence-corrected chi connectivity index (χ4v) is 3.32. The third kappa shape index (κ3) is 4.25. The van der Waals surface area contributed by atoms with E-state index in [2.05, 4.69) is 5.32 Å². The SMILES string of the molecule is COc1ccc2c(c1)c(CC(=O)NCC(=O)O)c(C)n2C(=O)c1ccc(Cl)cc1. The topological polar surface area (TPSA) is 97.6 Å². The van der Waals surface area contributed by atoms with Gasteiger partial charge in [-0.2, -0.15) is 0 Å². The van der Waals surface area contributed by atoms with Crippen LogP contribution in [0.3, 0.4) is 0 Å². The van der Waals surface area contributed by atoms with Gasteiger partial charge in [0.1, 0.15) is 12.3 Å². The number of aliphatic carboxylic acids is 1. The van der Waals surface area contributed by atoms with Crippen LogP contribution in [0.25, 0.3) is 10.9 Å². The molecule has 0 radical (unpaired) electrons. The summed E-state index contributed by atoms with van der Waals surface area (Å²) in [6.07, 6.45) is -0.0658. The van der Waals surface area contributed by atoms with Gasteiger partial charge in [0, 0.05) is 21.7 Å². The van der Waals surface area contributed by atoms with Crippen LogP contribution in [0.2, 0.25) is 5.02 Å². The molecular weight excluding hydrogens is 396 g/mol. The Morgan fingerprint density at radius 1 is 1.14 bits per heavy atom. The zero-order valence-corrected chi connectivity index (χ0v) is 16.6.